The molecule has 0 bridgehead atoms. The van der Waals surface area contributed by atoms with Crippen molar-refractivity contribution >= 4 is 23.5 Å². The monoisotopic (exact) mass is 386 g/mol. The minimum Gasteiger partial charge on any atom is -0.467 e. The van der Waals surface area contributed by atoms with Crippen LogP contribution in [-0.2, 0) is 0 Å². The smallest absolute Gasteiger partial charge is 0.410 e. The van der Waals surface area contributed by atoms with E-state index in [1.54, 1.807) is 28.8 Å². The van der Waals surface area contributed by atoms with Gasteiger partial charge in [-0.1, -0.05) is 0 Å². The Morgan fingerprint density at radius 3 is 2.77 bits per heavy atom. The molecule has 0 unspecified atom stereocenters. The molecule has 1 saturated heterocycles. The summed E-state index contributed by atoms with van der Waals surface area (Å²) in [6.45, 7) is 1.16. The van der Waals surface area contributed by atoms with Crippen molar-refractivity contribution in [2.24, 2.45) is 0 Å². The Labute approximate surface area is 151 Å². The highest BCUT2D eigenvalue weighted by Gasteiger charge is 2.48. The number of halogens is 3. The van der Waals surface area contributed by atoms with Crippen molar-refractivity contribution in [2.75, 3.05) is 29.9 Å². The normalized spacial score (nSPS) is 23.4. The van der Waals surface area contributed by atoms with Crippen molar-refractivity contribution in [3.8, 4) is 0 Å². The number of hydrogen-bond donors (Lipinski definition) is 1. The lowest BCUT2D eigenvalue weighted by Gasteiger charge is -2.33. The van der Waals surface area contributed by atoms with Crippen molar-refractivity contribution in [1.29, 1.82) is 0 Å². The Morgan fingerprint density at radius 1 is 1.35 bits per heavy atom. The molecule has 0 saturated carbocycles. The van der Waals surface area contributed by atoms with Gasteiger partial charge in [-0.15, -0.1) is 0 Å². The van der Waals surface area contributed by atoms with Crippen LogP contribution in [0.1, 0.15) is 34.6 Å². The zero-order valence-electron chi connectivity index (χ0n) is 13.7. The quantitative estimate of drug-likeness (QED) is 0.858. The third-order valence-electron chi connectivity index (χ3n) is 4.65. The lowest BCUT2D eigenvalue weighted by Crippen LogP contribution is -2.39. The maximum atomic E-state index is 13.6. The molecule has 0 aliphatic carbocycles. The van der Waals surface area contributed by atoms with Gasteiger partial charge < -0.3 is 14.6 Å². The van der Waals surface area contributed by atoms with Crippen LogP contribution in [-0.4, -0.2) is 51.4 Å². The molecule has 2 aliphatic rings. The molecule has 26 heavy (non-hydrogen) atoms. The molecular weight excluding hydrogens is 369 g/mol. The van der Waals surface area contributed by atoms with Crippen LogP contribution in [0.5, 0.6) is 0 Å². The van der Waals surface area contributed by atoms with E-state index in [1.807, 2.05) is 0 Å². The number of alkyl halides is 3. The van der Waals surface area contributed by atoms with Gasteiger partial charge in [-0.3, -0.25) is 4.79 Å². The van der Waals surface area contributed by atoms with Crippen LogP contribution < -0.4 is 5.32 Å². The highest BCUT2D eigenvalue weighted by molar-refractivity contribution is 7.99. The number of anilines is 1. The van der Waals surface area contributed by atoms with Crippen molar-refractivity contribution in [1.82, 2.24) is 14.7 Å². The average Bonchev–Trinajstić information content (AvgIpc) is 3.30. The first-order valence-corrected chi connectivity index (χ1v) is 9.42. The number of fused-ring (bicyclic) bond motifs is 1. The number of carbonyl (C=O) groups excluding carboxylic acids is 1. The maximum Gasteiger partial charge on any atom is 0.410 e. The summed E-state index contributed by atoms with van der Waals surface area (Å²) < 4.78 is 46.9. The standard InChI is InChI=1S/C16H17F3N4O2S/c17-16(18,19)13-8-11(12-2-1-5-25-12)21-14-10(9-20-23(13)14)15(24)22-3-6-26-7-4-22/h1-2,5,9,11,13,21H,3-4,6-8H2/t11-,13+/m0/s1. The van der Waals surface area contributed by atoms with Gasteiger partial charge >= 0.3 is 6.18 Å². The fraction of sp³-hybridized carbons (Fsp3) is 0.500. The van der Waals surface area contributed by atoms with Gasteiger partial charge in [-0.2, -0.15) is 30.0 Å². The molecule has 1 amide bonds. The van der Waals surface area contributed by atoms with Gasteiger partial charge in [0.15, 0.2) is 6.04 Å². The third-order valence-corrected chi connectivity index (χ3v) is 5.60. The Balaban J connectivity index is 1.70. The summed E-state index contributed by atoms with van der Waals surface area (Å²) in [6, 6.07) is 0.764. The van der Waals surface area contributed by atoms with Crippen LogP contribution in [0.25, 0.3) is 0 Å². The van der Waals surface area contributed by atoms with Crippen molar-refractivity contribution in [3.63, 3.8) is 0 Å². The molecule has 0 radical (unpaired) electrons. The van der Waals surface area contributed by atoms with Gasteiger partial charge in [-0.25, -0.2) is 4.68 Å². The second kappa shape index (κ2) is 6.57. The van der Waals surface area contributed by atoms with E-state index in [0.29, 0.717) is 18.8 Å². The molecule has 4 heterocycles. The molecule has 10 heteroatoms. The Hall–Kier alpha value is -2.10. The maximum absolute atomic E-state index is 13.6. The van der Waals surface area contributed by atoms with Gasteiger partial charge in [-0.05, 0) is 12.1 Å². The second-order valence-corrected chi connectivity index (χ2v) is 7.49. The van der Waals surface area contributed by atoms with Crippen LogP contribution in [0.3, 0.4) is 0 Å². The molecule has 140 valence electrons. The SMILES string of the molecule is O=C(c1cnn2c1N[C@H](c1ccco1)C[C@@H]2C(F)(F)F)N1CCSCC1. The molecule has 1 fully saturated rings. The Bertz CT molecular complexity index is 784. The first kappa shape index (κ1) is 17.3. The van der Waals surface area contributed by atoms with Crippen LogP contribution in [0.4, 0.5) is 19.0 Å². The second-order valence-electron chi connectivity index (χ2n) is 6.26. The summed E-state index contributed by atoms with van der Waals surface area (Å²) in [5.74, 6) is 1.86. The lowest BCUT2D eigenvalue weighted by molar-refractivity contribution is -0.174. The molecule has 2 aliphatic heterocycles. The Kier molecular flexibility index (Phi) is 4.37. The van der Waals surface area contributed by atoms with E-state index in [9.17, 15) is 18.0 Å². The van der Waals surface area contributed by atoms with E-state index < -0.39 is 18.3 Å². The highest BCUT2D eigenvalue weighted by atomic mass is 32.2. The number of aromatic nitrogens is 2. The molecule has 2 atom stereocenters. The minimum absolute atomic E-state index is 0.100. The van der Waals surface area contributed by atoms with Crippen molar-refractivity contribution in [3.05, 3.63) is 35.9 Å². The van der Waals surface area contributed by atoms with Crippen molar-refractivity contribution in [2.45, 2.75) is 24.7 Å². The van der Waals surface area contributed by atoms with Gasteiger partial charge in [0, 0.05) is 31.0 Å². The highest BCUT2D eigenvalue weighted by Crippen LogP contribution is 2.44. The van der Waals surface area contributed by atoms with E-state index in [4.69, 9.17) is 4.42 Å². The summed E-state index contributed by atoms with van der Waals surface area (Å²) in [5, 5.41) is 6.91. The molecule has 6 nitrogen and oxygen atoms in total. The fourth-order valence-corrected chi connectivity index (χ4v) is 4.23. The molecule has 0 spiro atoms. The van der Waals surface area contributed by atoms with Gasteiger partial charge in [0.1, 0.15) is 17.1 Å². The summed E-state index contributed by atoms with van der Waals surface area (Å²) >= 11 is 1.75. The van der Waals surface area contributed by atoms with Crippen LogP contribution in [0.2, 0.25) is 0 Å². The number of thioether (sulfide) groups is 1. The zero-order valence-corrected chi connectivity index (χ0v) is 14.5. The number of nitrogens with one attached hydrogen (secondary N) is 1. The summed E-state index contributed by atoms with van der Waals surface area (Å²) in [7, 11) is 0. The van der Waals surface area contributed by atoms with E-state index in [-0.39, 0.29) is 23.7 Å². The summed E-state index contributed by atoms with van der Waals surface area (Å²) in [6.07, 6.45) is -2.08. The molecule has 2 aromatic heterocycles. The number of hydrogen-bond acceptors (Lipinski definition) is 5. The van der Waals surface area contributed by atoms with Gasteiger partial charge in [0.25, 0.3) is 5.91 Å². The predicted octanol–water partition coefficient (Wildman–Crippen LogP) is 3.33. The van der Waals surface area contributed by atoms with Gasteiger partial charge in [0.2, 0.25) is 0 Å². The van der Waals surface area contributed by atoms with E-state index in [1.165, 1.54) is 12.5 Å². The van der Waals surface area contributed by atoms with Crippen LogP contribution in [0, 0.1) is 0 Å². The zero-order chi connectivity index (χ0) is 18.3. The first-order valence-electron chi connectivity index (χ1n) is 8.26. The molecule has 0 aromatic carbocycles. The van der Waals surface area contributed by atoms with E-state index in [0.717, 1.165) is 16.2 Å². The van der Waals surface area contributed by atoms with Crippen LogP contribution in [0.15, 0.2) is 29.0 Å². The fourth-order valence-electron chi connectivity index (χ4n) is 3.33. The number of amides is 1. The average molecular weight is 386 g/mol. The lowest BCUT2D eigenvalue weighted by atomic mass is 10.0. The molecule has 2 aromatic rings. The number of furan rings is 1. The van der Waals surface area contributed by atoms with Gasteiger partial charge in [0.05, 0.1) is 18.5 Å². The van der Waals surface area contributed by atoms with Crippen molar-refractivity contribution < 1.29 is 22.4 Å². The molecular formula is C16H17F3N4O2S. The number of nitrogens with zero attached hydrogens (tertiary/aromatic N) is 3. The topological polar surface area (TPSA) is 63.3 Å². The molecule has 1 N–H and O–H groups in total. The summed E-state index contributed by atoms with van der Waals surface area (Å²) in [5.41, 5.74) is 0.169. The Morgan fingerprint density at radius 2 is 2.12 bits per heavy atom. The van der Waals surface area contributed by atoms with Crippen LogP contribution >= 0.6 is 11.8 Å². The number of carbonyl (C=O) groups is 1. The van der Waals surface area contributed by atoms with E-state index >= 15 is 0 Å². The third kappa shape index (κ3) is 3.06. The summed E-state index contributed by atoms with van der Waals surface area (Å²) in [4.78, 5) is 14.5. The minimum atomic E-state index is -4.48. The molecule has 4 rings (SSSR count). The largest absolute Gasteiger partial charge is 0.467 e. The number of rotatable bonds is 2. The first-order chi connectivity index (χ1) is 12.4. The van der Waals surface area contributed by atoms with E-state index in [2.05, 4.69) is 10.4 Å². The predicted molar refractivity (Wildman–Crippen MR) is 90.2 cm³/mol.